The van der Waals surface area contributed by atoms with Gasteiger partial charge < -0.3 is 10.2 Å². The molecule has 0 aliphatic carbocycles. The topological polar surface area (TPSA) is 49.4 Å². The molecule has 1 N–H and O–H groups in total. The third-order valence-electron chi connectivity index (χ3n) is 4.05. The van der Waals surface area contributed by atoms with E-state index >= 15 is 0 Å². The lowest BCUT2D eigenvalue weighted by Gasteiger charge is -2.28. The van der Waals surface area contributed by atoms with Crippen LogP contribution in [0.2, 0.25) is 0 Å². The van der Waals surface area contributed by atoms with Gasteiger partial charge in [0, 0.05) is 30.9 Å². The van der Waals surface area contributed by atoms with Gasteiger partial charge in [-0.3, -0.25) is 0 Å². The van der Waals surface area contributed by atoms with Crippen molar-refractivity contribution in [2.75, 3.05) is 23.7 Å². The zero-order valence-electron chi connectivity index (χ0n) is 13.2. The molecule has 0 bridgehead atoms. The fraction of sp³-hybridized carbons (Fsp3) is 0.625. The number of nitrogens with one attached hydrogen (secondary N) is 1. The van der Waals surface area contributed by atoms with Crippen LogP contribution >= 0.6 is 0 Å². The minimum absolute atomic E-state index is 0.150. The van der Waals surface area contributed by atoms with E-state index in [1.54, 1.807) is 19.1 Å². The Kier molecular flexibility index (Phi) is 5.27. The van der Waals surface area contributed by atoms with Gasteiger partial charge in [-0.05, 0) is 37.1 Å². The SMILES string of the molecule is CCS(=O)(=O)c1ccc(N2CCCC2CNC(C)C)cc1. The largest absolute Gasteiger partial charge is 0.367 e. The molecule has 0 spiro atoms. The van der Waals surface area contributed by atoms with Gasteiger partial charge in [-0.15, -0.1) is 0 Å². The molecule has 118 valence electrons. The molecule has 0 saturated carbocycles. The van der Waals surface area contributed by atoms with Gasteiger partial charge in [0.15, 0.2) is 9.84 Å². The Morgan fingerprint density at radius 3 is 2.52 bits per heavy atom. The smallest absolute Gasteiger partial charge is 0.178 e. The maximum Gasteiger partial charge on any atom is 0.178 e. The van der Waals surface area contributed by atoms with E-state index in [-0.39, 0.29) is 5.75 Å². The fourth-order valence-corrected chi connectivity index (χ4v) is 3.66. The van der Waals surface area contributed by atoms with Crippen molar-refractivity contribution >= 4 is 15.5 Å². The van der Waals surface area contributed by atoms with Crippen molar-refractivity contribution in [2.24, 2.45) is 0 Å². The molecule has 1 atom stereocenters. The van der Waals surface area contributed by atoms with Crippen LogP contribution in [0.1, 0.15) is 33.6 Å². The summed E-state index contributed by atoms with van der Waals surface area (Å²) < 4.78 is 23.7. The summed E-state index contributed by atoms with van der Waals surface area (Å²) in [4.78, 5) is 2.81. The molecule has 5 heteroatoms. The second-order valence-electron chi connectivity index (χ2n) is 5.95. The maximum atomic E-state index is 11.9. The van der Waals surface area contributed by atoms with Gasteiger partial charge in [-0.2, -0.15) is 0 Å². The molecule has 1 aromatic rings. The van der Waals surface area contributed by atoms with E-state index in [1.165, 1.54) is 12.8 Å². The summed E-state index contributed by atoms with van der Waals surface area (Å²) >= 11 is 0. The molecule has 1 unspecified atom stereocenters. The van der Waals surface area contributed by atoms with E-state index in [2.05, 4.69) is 24.1 Å². The third kappa shape index (κ3) is 3.98. The third-order valence-corrected chi connectivity index (χ3v) is 5.80. The number of anilines is 1. The molecule has 0 amide bonds. The summed E-state index contributed by atoms with van der Waals surface area (Å²) in [5, 5.41) is 3.49. The fourth-order valence-electron chi connectivity index (χ4n) is 2.77. The first-order valence-electron chi connectivity index (χ1n) is 7.77. The van der Waals surface area contributed by atoms with Gasteiger partial charge in [0.25, 0.3) is 0 Å². The Morgan fingerprint density at radius 1 is 1.29 bits per heavy atom. The molecule has 4 nitrogen and oxygen atoms in total. The number of hydrogen-bond donors (Lipinski definition) is 1. The van der Waals surface area contributed by atoms with Crippen LogP contribution in [0.25, 0.3) is 0 Å². The van der Waals surface area contributed by atoms with E-state index in [1.807, 2.05) is 12.1 Å². The second kappa shape index (κ2) is 6.79. The lowest BCUT2D eigenvalue weighted by atomic mass is 10.2. The molecule has 2 rings (SSSR count). The summed E-state index contributed by atoms with van der Waals surface area (Å²) in [6, 6.07) is 8.34. The molecule has 21 heavy (non-hydrogen) atoms. The highest BCUT2D eigenvalue weighted by atomic mass is 32.2. The van der Waals surface area contributed by atoms with Crippen molar-refractivity contribution in [1.82, 2.24) is 5.32 Å². The highest BCUT2D eigenvalue weighted by Crippen LogP contribution is 2.26. The Labute approximate surface area is 128 Å². The highest BCUT2D eigenvalue weighted by Gasteiger charge is 2.24. The molecule has 1 aliphatic heterocycles. The van der Waals surface area contributed by atoms with Gasteiger partial charge >= 0.3 is 0 Å². The molecule has 1 fully saturated rings. The standard InChI is InChI=1S/C16H26N2O2S/c1-4-21(19,20)16-9-7-14(8-10-16)18-11-5-6-15(18)12-17-13(2)3/h7-10,13,15,17H,4-6,11-12H2,1-3H3. The van der Waals surface area contributed by atoms with E-state index in [4.69, 9.17) is 0 Å². The Balaban J connectivity index is 2.10. The summed E-state index contributed by atoms with van der Waals surface area (Å²) in [5.74, 6) is 0.150. The van der Waals surface area contributed by atoms with E-state index in [9.17, 15) is 8.42 Å². The first kappa shape index (κ1) is 16.3. The van der Waals surface area contributed by atoms with Gasteiger partial charge in [-0.1, -0.05) is 20.8 Å². The van der Waals surface area contributed by atoms with Crippen LogP contribution in [0.3, 0.4) is 0 Å². The van der Waals surface area contributed by atoms with Crippen LogP contribution in [0.4, 0.5) is 5.69 Å². The Morgan fingerprint density at radius 2 is 1.95 bits per heavy atom. The predicted octanol–water partition coefficient (Wildman–Crippen LogP) is 2.45. The molecular formula is C16H26N2O2S. The maximum absolute atomic E-state index is 11.9. The van der Waals surface area contributed by atoms with Crippen LogP contribution in [-0.2, 0) is 9.84 Å². The minimum atomic E-state index is -3.10. The molecular weight excluding hydrogens is 284 g/mol. The number of hydrogen-bond acceptors (Lipinski definition) is 4. The molecule has 1 saturated heterocycles. The van der Waals surface area contributed by atoms with E-state index in [0.29, 0.717) is 17.0 Å². The average Bonchev–Trinajstić information content (AvgIpc) is 2.93. The zero-order valence-corrected chi connectivity index (χ0v) is 14.0. The van der Waals surface area contributed by atoms with E-state index < -0.39 is 9.84 Å². The van der Waals surface area contributed by atoms with Crippen molar-refractivity contribution in [1.29, 1.82) is 0 Å². The monoisotopic (exact) mass is 310 g/mol. The van der Waals surface area contributed by atoms with Gasteiger partial charge in [-0.25, -0.2) is 8.42 Å². The normalized spacial score (nSPS) is 19.4. The molecule has 0 radical (unpaired) electrons. The molecule has 1 aromatic carbocycles. The molecule has 1 heterocycles. The number of rotatable bonds is 6. The number of sulfone groups is 1. The second-order valence-corrected chi connectivity index (χ2v) is 8.23. The zero-order chi connectivity index (χ0) is 15.5. The summed E-state index contributed by atoms with van der Waals surface area (Å²) in [5.41, 5.74) is 1.12. The predicted molar refractivity (Wildman–Crippen MR) is 87.7 cm³/mol. The van der Waals surface area contributed by atoms with Crippen molar-refractivity contribution in [2.45, 2.75) is 50.6 Å². The van der Waals surface area contributed by atoms with Gasteiger partial charge in [0.05, 0.1) is 10.6 Å². The summed E-state index contributed by atoms with van der Waals surface area (Å²) in [6.45, 7) is 8.02. The average molecular weight is 310 g/mol. The molecule has 0 aromatic heterocycles. The van der Waals surface area contributed by atoms with E-state index in [0.717, 1.165) is 18.8 Å². The van der Waals surface area contributed by atoms with Crippen LogP contribution in [0.15, 0.2) is 29.2 Å². The number of nitrogens with zero attached hydrogens (tertiary/aromatic N) is 1. The van der Waals surface area contributed by atoms with Crippen molar-refractivity contribution in [3.8, 4) is 0 Å². The first-order valence-corrected chi connectivity index (χ1v) is 9.42. The summed E-state index contributed by atoms with van der Waals surface area (Å²) in [6.07, 6.45) is 2.38. The number of benzene rings is 1. The Hall–Kier alpha value is -1.07. The molecule has 1 aliphatic rings. The lowest BCUT2D eigenvalue weighted by Crippen LogP contribution is -2.40. The van der Waals surface area contributed by atoms with Crippen LogP contribution < -0.4 is 10.2 Å². The van der Waals surface area contributed by atoms with Crippen LogP contribution in [0.5, 0.6) is 0 Å². The Bertz CT molecular complexity index is 552. The van der Waals surface area contributed by atoms with Gasteiger partial charge in [0.2, 0.25) is 0 Å². The lowest BCUT2D eigenvalue weighted by molar-refractivity contribution is 0.524. The minimum Gasteiger partial charge on any atom is -0.367 e. The summed E-state index contributed by atoms with van der Waals surface area (Å²) in [7, 11) is -3.10. The first-order chi connectivity index (χ1) is 9.94. The van der Waals surface area contributed by atoms with Crippen molar-refractivity contribution in [3.05, 3.63) is 24.3 Å². The quantitative estimate of drug-likeness (QED) is 0.877. The van der Waals surface area contributed by atoms with Crippen LogP contribution in [0, 0.1) is 0 Å². The van der Waals surface area contributed by atoms with Crippen molar-refractivity contribution < 1.29 is 8.42 Å². The van der Waals surface area contributed by atoms with Crippen LogP contribution in [-0.4, -0.2) is 39.3 Å². The van der Waals surface area contributed by atoms with Gasteiger partial charge in [0.1, 0.15) is 0 Å². The highest BCUT2D eigenvalue weighted by molar-refractivity contribution is 7.91. The van der Waals surface area contributed by atoms with Crippen molar-refractivity contribution in [3.63, 3.8) is 0 Å².